The van der Waals surface area contributed by atoms with Crippen LogP contribution < -0.4 is 10.5 Å². The third-order valence-corrected chi connectivity index (χ3v) is 4.59. The number of hydrogen-bond donors (Lipinski definition) is 1. The quantitative estimate of drug-likeness (QED) is 0.905. The Bertz CT molecular complexity index is 458. The number of amides is 1. The van der Waals surface area contributed by atoms with Crippen molar-refractivity contribution < 1.29 is 9.53 Å². The van der Waals surface area contributed by atoms with Gasteiger partial charge < -0.3 is 10.5 Å². The highest BCUT2D eigenvalue weighted by Crippen LogP contribution is 2.48. The summed E-state index contributed by atoms with van der Waals surface area (Å²) in [5.74, 6) is 0.889. The van der Waals surface area contributed by atoms with Crippen molar-refractivity contribution in [2.45, 2.75) is 44.4 Å². The van der Waals surface area contributed by atoms with Gasteiger partial charge >= 0.3 is 0 Å². The Balaban J connectivity index is 2.57. The van der Waals surface area contributed by atoms with Crippen LogP contribution in [0.4, 0.5) is 0 Å². The molecule has 0 aliphatic heterocycles. The van der Waals surface area contributed by atoms with Crippen LogP contribution in [0, 0.1) is 5.92 Å². The highest BCUT2D eigenvalue weighted by Gasteiger charge is 2.47. The Hall–Kier alpha value is -1.51. The molecule has 2 rings (SSSR count). The lowest BCUT2D eigenvalue weighted by molar-refractivity contribution is -0.127. The molecular formula is C16H23NO2. The largest absolute Gasteiger partial charge is 0.496 e. The zero-order valence-corrected chi connectivity index (χ0v) is 11.8. The predicted molar refractivity (Wildman–Crippen MR) is 76.1 cm³/mol. The Morgan fingerprint density at radius 2 is 2.16 bits per heavy atom. The summed E-state index contributed by atoms with van der Waals surface area (Å²) in [4.78, 5) is 12.3. The minimum absolute atomic E-state index is 0.205. The van der Waals surface area contributed by atoms with Gasteiger partial charge in [0.2, 0.25) is 5.91 Å². The maximum atomic E-state index is 12.3. The van der Waals surface area contributed by atoms with Crippen molar-refractivity contribution in [3.8, 4) is 5.75 Å². The normalized spacial score (nSPS) is 26.9. The maximum absolute atomic E-state index is 12.3. The van der Waals surface area contributed by atoms with Gasteiger partial charge in [-0.25, -0.2) is 0 Å². The number of carbonyl (C=O) groups excluding carboxylic acids is 1. The van der Waals surface area contributed by atoms with Crippen LogP contribution in [0.5, 0.6) is 5.75 Å². The molecule has 1 fully saturated rings. The fourth-order valence-corrected chi connectivity index (χ4v) is 3.62. The van der Waals surface area contributed by atoms with Gasteiger partial charge in [0.15, 0.2) is 0 Å². The average molecular weight is 261 g/mol. The van der Waals surface area contributed by atoms with Crippen LogP contribution in [0.1, 0.15) is 44.6 Å². The standard InChI is InChI=1S/C16H23NO2/c1-3-12-8-6-7-11-16(12,15(17)18)13-9-4-5-10-14(13)19-2/h4-5,9-10,12H,3,6-8,11H2,1-2H3,(H2,17,18). The van der Waals surface area contributed by atoms with Gasteiger partial charge in [0.25, 0.3) is 0 Å². The molecule has 0 heterocycles. The first-order chi connectivity index (χ1) is 9.16. The van der Waals surface area contributed by atoms with E-state index in [9.17, 15) is 4.79 Å². The van der Waals surface area contributed by atoms with E-state index in [0.717, 1.165) is 37.0 Å². The fraction of sp³-hybridized carbons (Fsp3) is 0.562. The second-order valence-electron chi connectivity index (χ2n) is 5.39. The summed E-state index contributed by atoms with van der Waals surface area (Å²) in [6, 6.07) is 7.81. The first-order valence-electron chi connectivity index (χ1n) is 7.10. The molecule has 0 bridgehead atoms. The van der Waals surface area contributed by atoms with Crippen LogP contribution in [0.2, 0.25) is 0 Å². The van der Waals surface area contributed by atoms with Gasteiger partial charge in [0.1, 0.15) is 5.75 Å². The van der Waals surface area contributed by atoms with Crippen LogP contribution >= 0.6 is 0 Å². The minimum atomic E-state index is -0.556. The molecule has 2 atom stereocenters. The van der Waals surface area contributed by atoms with Crippen LogP contribution in [-0.2, 0) is 10.2 Å². The van der Waals surface area contributed by atoms with E-state index in [1.807, 2.05) is 24.3 Å². The van der Waals surface area contributed by atoms with Gasteiger partial charge in [0, 0.05) is 5.56 Å². The van der Waals surface area contributed by atoms with E-state index in [0.29, 0.717) is 5.92 Å². The summed E-state index contributed by atoms with van der Waals surface area (Å²) >= 11 is 0. The number of methoxy groups -OCH3 is 1. The van der Waals surface area contributed by atoms with Crippen molar-refractivity contribution in [3.05, 3.63) is 29.8 Å². The Morgan fingerprint density at radius 3 is 2.79 bits per heavy atom. The second kappa shape index (κ2) is 5.64. The van der Waals surface area contributed by atoms with Crippen molar-refractivity contribution in [2.24, 2.45) is 11.7 Å². The molecule has 1 aromatic rings. The minimum Gasteiger partial charge on any atom is -0.496 e. The van der Waals surface area contributed by atoms with Gasteiger partial charge in [-0.2, -0.15) is 0 Å². The summed E-state index contributed by atoms with van der Waals surface area (Å²) in [5, 5.41) is 0. The Kier molecular flexibility index (Phi) is 4.13. The number of benzene rings is 1. The smallest absolute Gasteiger partial charge is 0.228 e. The first-order valence-corrected chi connectivity index (χ1v) is 7.10. The third-order valence-electron chi connectivity index (χ3n) is 4.59. The second-order valence-corrected chi connectivity index (χ2v) is 5.39. The van der Waals surface area contributed by atoms with Gasteiger partial charge in [-0.1, -0.05) is 44.4 Å². The van der Waals surface area contributed by atoms with Crippen molar-refractivity contribution in [2.75, 3.05) is 7.11 Å². The molecule has 2 N–H and O–H groups in total. The molecule has 0 spiro atoms. The summed E-state index contributed by atoms with van der Waals surface area (Å²) in [6.45, 7) is 2.14. The molecule has 19 heavy (non-hydrogen) atoms. The number of carbonyl (C=O) groups is 1. The van der Waals surface area contributed by atoms with E-state index in [2.05, 4.69) is 6.92 Å². The summed E-state index contributed by atoms with van der Waals surface area (Å²) in [5.41, 5.74) is 6.24. The molecular weight excluding hydrogens is 238 g/mol. The lowest BCUT2D eigenvalue weighted by Crippen LogP contribution is -2.49. The molecule has 1 amide bonds. The fourth-order valence-electron chi connectivity index (χ4n) is 3.62. The molecule has 0 aromatic heterocycles. The van der Waals surface area contributed by atoms with Gasteiger partial charge in [-0.15, -0.1) is 0 Å². The average Bonchev–Trinajstić information content (AvgIpc) is 2.46. The number of nitrogens with two attached hydrogens (primary N) is 1. The van der Waals surface area contributed by atoms with Crippen molar-refractivity contribution in [1.29, 1.82) is 0 Å². The molecule has 1 aromatic carbocycles. The molecule has 0 radical (unpaired) electrons. The first kappa shape index (κ1) is 13.9. The zero-order chi connectivity index (χ0) is 13.9. The molecule has 1 aliphatic rings. The number of ether oxygens (including phenoxy) is 1. The highest BCUT2D eigenvalue weighted by molar-refractivity contribution is 5.88. The SMILES string of the molecule is CCC1CCCCC1(C(N)=O)c1ccccc1OC. The Labute approximate surface area is 115 Å². The molecule has 1 aliphatic carbocycles. The summed E-state index contributed by atoms with van der Waals surface area (Å²) in [7, 11) is 1.65. The van der Waals surface area contributed by atoms with Crippen molar-refractivity contribution in [1.82, 2.24) is 0 Å². The zero-order valence-electron chi connectivity index (χ0n) is 11.8. The van der Waals surface area contributed by atoms with E-state index in [-0.39, 0.29) is 5.91 Å². The van der Waals surface area contributed by atoms with E-state index in [4.69, 9.17) is 10.5 Å². The highest BCUT2D eigenvalue weighted by atomic mass is 16.5. The van der Waals surface area contributed by atoms with Crippen LogP contribution in [0.3, 0.4) is 0 Å². The van der Waals surface area contributed by atoms with E-state index >= 15 is 0 Å². The maximum Gasteiger partial charge on any atom is 0.228 e. The van der Waals surface area contributed by atoms with E-state index < -0.39 is 5.41 Å². The molecule has 104 valence electrons. The van der Waals surface area contributed by atoms with Crippen LogP contribution in [0.15, 0.2) is 24.3 Å². The molecule has 3 heteroatoms. The monoisotopic (exact) mass is 261 g/mol. The number of rotatable bonds is 4. The van der Waals surface area contributed by atoms with Gasteiger partial charge in [0.05, 0.1) is 12.5 Å². The predicted octanol–water partition coefficient (Wildman–Crippen LogP) is 3.02. The van der Waals surface area contributed by atoms with Gasteiger partial charge in [-0.3, -0.25) is 4.79 Å². The van der Waals surface area contributed by atoms with E-state index in [1.54, 1.807) is 7.11 Å². The van der Waals surface area contributed by atoms with Gasteiger partial charge in [-0.05, 0) is 24.8 Å². The number of primary amides is 1. The third kappa shape index (κ3) is 2.22. The molecule has 3 nitrogen and oxygen atoms in total. The number of hydrogen-bond acceptors (Lipinski definition) is 2. The van der Waals surface area contributed by atoms with E-state index in [1.165, 1.54) is 6.42 Å². The molecule has 0 saturated heterocycles. The number of para-hydroxylation sites is 1. The molecule has 2 unspecified atom stereocenters. The summed E-state index contributed by atoms with van der Waals surface area (Å²) in [6.07, 6.45) is 5.11. The topological polar surface area (TPSA) is 52.3 Å². The van der Waals surface area contributed by atoms with Crippen molar-refractivity contribution in [3.63, 3.8) is 0 Å². The lowest BCUT2D eigenvalue weighted by Gasteiger charge is -2.42. The van der Waals surface area contributed by atoms with Crippen LogP contribution in [-0.4, -0.2) is 13.0 Å². The Morgan fingerprint density at radius 1 is 1.42 bits per heavy atom. The molecule has 1 saturated carbocycles. The van der Waals surface area contributed by atoms with Crippen molar-refractivity contribution >= 4 is 5.91 Å². The lowest BCUT2D eigenvalue weighted by atomic mass is 9.61. The van der Waals surface area contributed by atoms with Crippen LogP contribution in [0.25, 0.3) is 0 Å². The summed E-state index contributed by atoms with van der Waals surface area (Å²) < 4.78 is 5.46.